The van der Waals surface area contributed by atoms with E-state index in [1.807, 2.05) is 60.7 Å². The molecule has 8 heteroatoms. The molecule has 0 aliphatic rings. The number of methoxy groups -OCH3 is 2. The Balaban J connectivity index is 0.000000192. The van der Waals surface area contributed by atoms with Crippen molar-refractivity contribution in [2.45, 2.75) is 21.6 Å². The highest BCUT2D eigenvalue weighted by atomic mass is 32.2. The van der Waals surface area contributed by atoms with E-state index < -0.39 is 5.56 Å². The third-order valence-corrected chi connectivity index (χ3v) is 6.57. The van der Waals surface area contributed by atoms with Crippen LogP contribution in [0.3, 0.4) is 0 Å². The van der Waals surface area contributed by atoms with Gasteiger partial charge in [0.1, 0.15) is 5.03 Å². The molecule has 0 spiro atoms. The minimum absolute atomic E-state index is 0.246. The van der Waals surface area contributed by atoms with Crippen molar-refractivity contribution in [2.75, 3.05) is 14.2 Å². The van der Waals surface area contributed by atoms with Crippen molar-refractivity contribution in [1.82, 2.24) is 9.97 Å². The molecule has 4 aromatic rings. The van der Waals surface area contributed by atoms with Crippen molar-refractivity contribution in [1.29, 1.82) is 0 Å². The third kappa shape index (κ3) is 7.90. The number of pyridine rings is 2. The Morgan fingerprint density at radius 1 is 0.794 bits per heavy atom. The van der Waals surface area contributed by atoms with Crippen LogP contribution in [-0.2, 0) is 11.5 Å². The number of ether oxygens (including phenoxy) is 2. The summed E-state index contributed by atoms with van der Waals surface area (Å²) in [7, 11) is 3.20. The summed E-state index contributed by atoms with van der Waals surface area (Å²) in [5.41, 5.74) is 2.03. The van der Waals surface area contributed by atoms with E-state index in [2.05, 4.69) is 22.1 Å². The summed E-state index contributed by atoms with van der Waals surface area (Å²) in [5.74, 6) is 2.62. The predicted molar refractivity (Wildman–Crippen MR) is 138 cm³/mol. The predicted octanol–water partition coefficient (Wildman–Crippen LogP) is 5.76. The SMILES string of the molecule is COc1ccc(SCc2ccccc2)nc1OC.O=c1[nH]c(SCc2ccccc2)ccc1O. The molecule has 0 saturated carbocycles. The fraction of sp³-hybridized carbons (Fsp3) is 0.154. The number of aromatic nitrogens is 2. The molecule has 0 radical (unpaired) electrons. The van der Waals surface area contributed by atoms with Crippen LogP contribution in [0, 0.1) is 0 Å². The number of rotatable bonds is 8. The van der Waals surface area contributed by atoms with Gasteiger partial charge in [-0.3, -0.25) is 4.79 Å². The van der Waals surface area contributed by atoms with Crippen molar-refractivity contribution in [3.05, 3.63) is 106 Å². The van der Waals surface area contributed by atoms with Crippen LogP contribution in [0.25, 0.3) is 0 Å². The van der Waals surface area contributed by atoms with Crippen LogP contribution < -0.4 is 15.0 Å². The maximum Gasteiger partial charge on any atom is 0.290 e. The third-order valence-electron chi connectivity index (χ3n) is 4.54. The van der Waals surface area contributed by atoms with Gasteiger partial charge in [0.25, 0.3) is 11.4 Å². The highest BCUT2D eigenvalue weighted by molar-refractivity contribution is 7.98. The topological polar surface area (TPSA) is 84.4 Å². The maximum atomic E-state index is 11.1. The monoisotopic (exact) mass is 494 g/mol. The zero-order valence-corrected chi connectivity index (χ0v) is 20.6. The van der Waals surface area contributed by atoms with Crippen molar-refractivity contribution in [3.63, 3.8) is 0 Å². The molecule has 0 aliphatic heterocycles. The van der Waals surface area contributed by atoms with E-state index in [-0.39, 0.29) is 5.75 Å². The van der Waals surface area contributed by atoms with Crippen LogP contribution >= 0.6 is 23.5 Å². The fourth-order valence-electron chi connectivity index (χ4n) is 2.79. The van der Waals surface area contributed by atoms with Gasteiger partial charge < -0.3 is 19.6 Å². The van der Waals surface area contributed by atoms with Gasteiger partial charge in [0.05, 0.1) is 19.2 Å². The molecule has 0 fully saturated rings. The molecule has 6 nitrogen and oxygen atoms in total. The van der Waals surface area contributed by atoms with Gasteiger partial charge in [-0.05, 0) is 35.4 Å². The zero-order valence-electron chi connectivity index (χ0n) is 18.9. The molecular formula is C26H26N2O4S2. The summed E-state index contributed by atoms with van der Waals surface area (Å²) in [5, 5.41) is 10.8. The first-order chi connectivity index (χ1) is 16.6. The molecule has 0 amide bonds. The molecule has 2 aromatic heterocycles. The molecule has 176 valence electrons. The summed E-state index contributed by atoms with van der Waals surface area (Å²) >= 11 is 3.21. The molecule has 2 N–H and O–H groups in total. The van der Waals surface area contributed by atoms with Gasteiger partial charge in [0.2, 0.25) is 0 Å². The van der Waals surface area contributed by atoms with Crippen LogP contribution in [0.15, 0.2) is 99.8 Å². The lowest BCUT2D eigenvalue weighted by molar-refractivity contribution is 0.340. The number of aromatic hydroxyl groups is 1. The molecule has 0 aliphatic carbocycles. The van der Waals surface area contributed by atoms with Gasteiger partial charge in [-0.15, -0.1) is 23.5 Å². The van der Waals surface area contributed by atoms with Crippen LogP contribution in [0.5, 0.6) is 17.4 Å². The van der Waals surface area contributed by atoms with E-state index in [0.717, 1.165) is 21.6 Å². The van der Waals surface area contributed by atoms with Crippen LogP contribution in [-0.4, -0.2) is 29.3 Å². The lowest BCUT2D eigenvalue weighted by Crippen LogP contribution is -2.04. The molecule has 0 atom stereocenters. The molecule has 0 bridgehead atoms. The number of nitrogens with zero attached hydrogens (tertiary/aromatic N) is 1. The summed E-state index contributed by atoms with van der Waals surface area (Å²) in [6.45, 7) is 0. The first-order valence-electron chi connectivity index (χ1n) is 10.4. The van der Waals surface area contributed by atoms with Crippen molar-refractivity contribution < 1.29 is 14.6 Å². The molecule has 0 unspecified atom stereocenters. The number of H-pyrrole nitrogens is 1. The molecule has 2 aromatic carbocycles. The van der Waals surface area contributed by atoms with E-state index in [0.29, 0.717) is 11.6 Å². The van der Waals surface area contributed by atoms with Gasteiger partial charge in [-0.1, -0.05) is 60.7 Å². The average Bonchev–Trinajstić information content (AvgIpc) is 2.89. The van der Waals surface area contributed by atoms with E-state index in [4.69, 9.17) is 14.6 Å². The van der Waals surface area contributed by atoms with Gasteiger partial charge >= 0.3 is 0 Å². The second-order valence-corrected chi connectivity index (χ2v) is 8.96. The molecule has 2 heterocycles. The molecule has 34 heavy (non-hydrogen) atoms. The summed E-state index contributed by atoms with van der Waals surface area (Å²) in [6.07, 6.45) is 0. The molecule has 4 rings (SSSR count). The van der Waals surface area contributed by atoms with Gasteiger partial charge in [-0.2, -0.15) is 0 Å². The number of aromatic amines is 1. The normalized spacial score (nSPS) is 10.2. The van der Waals surface area contributed by atoms with E-state index >= 15 is 0 Å². The lowest BCUT2D eigenvalue weighted by Gasteiger charge is -2.08. The average molecular weight is 495 g/mol. The van der Waals surface area contributed by atoms with Crippen LogP contribution in [0.2, 0.25) is 0 Å². The highest BCUT2D eigenvalue weighted by Crippen LogP contribution is 2.29. The first-order valence-corrected chi connectivity index (χ1v) is 12.4. The first kappa shape index (κ1) is 25.3. The standard InChI is InChI=1S/C14H15NO2S.C12H11NO2S/c1-16-12-8-9-13(15-14(12)17-2)18-10-11-6-4-3-5-7-11;14-10-6-7-11(13-12(10)15)16-8-9-4-2-1-3-5-9/h3-9H,10H2,1-2H3;1-7,14H,8H2,(H,13,15). The van der Waals surface area contributed by atoms with E-state index in [1.165, 1.54) is 29.0 Å². The lowest BCUT2D eigenvalue weighted by atomic mass is 10.2. The Labute approximate surface area is 207 Å². The maximum absolute atomic E-state index is 11.1. The number of benzene rings is 2. The number of thioether (sulfide) groups is 2. The Kier molecular flexibility index (Phi) is 9.94. The minimum Gasteiger partial charge on any atom is -0.503 e. The quantitative estimate of drug-likeness (QED) is 0.301. The Morgan fingerprint density at radius 3 is 1.97 bits per heavy atom. The zero-order chi connectivity index (χ0) is 24.2. The van der Waals surface area contributed by atoms with Gasteiger partial charge in [0, 0.05) is 11.5 Å². The second kappa shape index (κ2) is 13.4. The van der Waals surface area contributed by atoms with Gasteiger partial charge in [0.15, 0.2) is 11.5 Å². The van der Waals surface area contributed by atoms with Crippen LogP contribution in [0.1, 0.15) is 11.1 Å². The number of hydrogen-bond donors (Lipinski definition) is 2. The Hall–Kier alpha value is -3.36. The number of nitrogens with one attached hydrogen (secondary N) is 1. The summed E-state index contributed by atoms with van der Waals surface area (Å²) in [6, 6.07) is 27.2. The van der Waals surface area contributed by atoms with Gasteiger partial charge in [-0.25, -0.2) is 4.98 Å². The smallest absolute Gasteiger partial charge is 0.290 e. The molecular weight excluding hydrogens is 468 g/mol. The second-order valence-electron chi connectivity index (χ2n) is 6.95. The summed E-state index contributed by atoms with van der Waals surface area (Å²) in [4.78, 5) is 18.1. The minimum atomic E-state index is -0.446. The highest BCUT2D eigenvalue weighted by Gasteiger charge is 2.07. The van der Waals surface area contributed by atoms with E-state index in [9.17, 15) is 4.79 Å². The number of hydrogen-bond acceptors (Lipinski definition) is 7. The Bertz CT molecular complexity index is 1220. The van der Waals surface area contributed by atoms with Crippen molar-refractivity contribution in [2.24, 2.45) is 0 Å². The molecule has 0 saturated heterocycles. The van der Waals surface area contributed by atoms with Crippen molar-refractivity contribution in [3.8, 4) is 17.4 Å². The largest absolute Gasteiger partial charge is 0.503 e. The van der Waals surface area contributed by atoms with Crippen LogP contribution in [0.4, 0.5) is 0 Å². The van der Waals surface area contributed by atoms with E-state index in [1.54, 1.807) is 32.0 Å². The fourth-order valence-corrected chi connectivity index (χ4v) is 4.45. The van der Waals surface area contributed by atoms with Crippen molar-refractivity contribution >= 4 is 23.5 Å². The summed E-state index contributed by atoms with van der Waals surface area (Å²) < 4.78 is 10.3. The Morgan fingerprint density at radius 2 is 1.41 bits per heavy atom.